The Balaban J connectivity index is 1.84. The highest BCUT2D eigenvalue weighted by molar-refractivity contribution is 6.30. The third-order valence-electron chi connectivity index (χ3n) is 4.10. The second-order valence-electron chi connectivity index (χ2n) is 6.42. The second kappa shape index (κ2) is 8.14. The number of hydrogen-bond donors (Lipinski definition) is 2. The van der Waals surface area contributed by atoms with Gasteiger partial charge in [0.25, 0.3) is 0 Å². The van der Waals surface area contributed by atoms with E-state index in [0.717, 1.165) is 42.4 Å². The van der Waals surface area contributed by atoms with Crippen molar-refractivity contribution in [3.8, 4) is 0 Å². The lowest BCUT2D eigenvalue weighted by molar-refractivity contribution is 0.160. The molecule has 118 valence electrons. The molecule has 1 atom stereocenters. The number of nitrogens with zero attached hydrogens (tertiary/aromatic N) is 1. The van der Waals surface area contributed by atoms with Crippen LogP contribution < -0.4 is 5.32 Å². The summed E-state index contributed by atoms with van der Waals surface area (Å²) in [5, 5.41) is 14.0. The maximum atomic E-state index is 9.64. The molecule has 3 nitrogen and oxygen atoms in total. The van der Waals surface area contributed by atoms with E-state index in [1.165, 1.54) is 6.54 Å². The average molecular weight is 311 g/mol. The highest BCUT2D eigenvalue weighted by Crippen LogP contribution is 2.20. The molecule has 4 heteroatoms. The maximum Gasteiger partial charge on any atom is 0.0626 e. The molecule has 1 aromatic carbocycles. The van der Waals surface area contributed by atoms with E-state index >= 15 is 0 Å². The number of piperidine rings is 1. The summed E-state index contributed by atoms with van der Waals surface area (Å²) in [5.74, 6) is 0.730. The van der Waals surface area contributed by atoms with Crippen molar-refractivity contribution in [3.05, 3.63) is 34.9 Å². The molecule has 1 unspecified atom stereocenters. The van der Waals surface area contributed by atoms with E-state index < -0.39 is 0 Å². The molecule has 1 aromatic rings. The Hall–Kier alpha value is -0.610. The fourth-order valence-electron chi connectivity index (χ4n) is 3.03. The van der Waals surface area contributed by atoms with Gasteiger partial charge in [-0.05, 0) is 49.5 Å². The summed E-state index contributed by atoms with van der Waals surface area (Å²) in [7, 11) is 0. The van der Waals surface area contributed by atoms with E-state index in [2.05, 4.69) is 24.1 Å². The minimum absolute atomic E-state index is 0.00363. The lowest BCUT2D eigenvalue weighted by Gasteiger charge is -2.35. The molecular weight excluding hydrogens is 284 g/mol. The number of aliphatic hydroxyl groups is 1. The summed E-state index contributed by atoms with van der Waals surface area (Å²) < 4.78 is 0. The molecule has 1 aliphatic heterocycles. The molecule has 0 bridgehead atoms. The molecule has 0 radical (unpaired) electrons. The fraction of sp³-hybridized carbons (Fsp3) is 0.647. The van der Waals surface area contributed by atoms with E-state index in [1.807, 2.05) is 24.3 Å². The number of aliphatic hydroxyl groups excluding tert-OH is 1. The zero-order chi connectivity index (χ0) is 15.2. The van der Waals surface area contributed by atoms with Crippen LogP contribution in [0, 0.1) is 5.92 Å². The monoisotopic (exact) mass is 310 g/mol. The standard InChI is InChI=1S/C17H27ClN2O/c1-13(2)11-20-9-7-16(8-10-20)19-17(12-21)14-3-5-15(18)6-4-14/h3-6,13,16-17,19,21H,7-12H2,1-2H3. The Labute approximate surface area is 133 Å². The summed E-state index contributed by atoms with van der Waals surface area (Å²) in [6.45, 7) is 8.14. The molecule has 1 aliphatic rings. The number of nitrogens with one attached hydrogen (secondary N) is 1. The van der Waals surface area contributed by atoms with Crippen LogP contribution in [0.2, 0.25) is 5.02 Å². The van der Waals surface area contributed by atoms with E-state index in [1.54, 1.807) is 0 Å². The summed E-state index contributed by atoms with van der Waals surface area (Å²) in [6, 6.07) is 8.23. The highest BCUT2D eigenvalue weighted by atomic mass is 35.5. The predicted octanol–water partition coefficient (Wildman–Crippen LogP) is 3.08. The van der Waals surface area contributed by atoms with Crippen LogP contribution in [0.25, 0.3) is 0 Å². The highest BCUT2D eigenvalue weighted by Gasteiger charge is 2.22. The maximum absolute atomic E-state index is 9.64. The average Bonchev–Trinajstić information content (AvgIpc) is 2.47. The SMILES string of the molecule is CC(C)CN1CCC(NC(CO)c2ccc(Cl)cc2)CC1. The van der Waals surface area contributed by atoms with Gasteiger partial charge in [0.2, 0.25) is 0 Å². The first-order chi connectivity index (χ1) is 10.1. The van der Waals surface area contributed by atoms with Gasteiger partial charge in [0.15, 0.2) is 0 Å². The Morgan fingerprint density at radius 3 is 2.38 bits per heavy atom. The van der Waals surface area contributed by atoms with Gasteiger partial charge in [-0.2, -0.15) is 0 Å². The van der Waals surface area contributed by atoms with Crippen LogP contribution >= 0.6 is 11.6 Å². The predicted molar refractivity (Wildman–Crippen MR) is 88.7 cm³/mol. The first-order valence-corrected chi connectivity index (χ1v) is 8.31. The van der Waals surface area contributed by atoms with E-state index in [9.17, 15) is 5.11 Å². The van der Waals surface area contributed by atoms with Crippen LogP contribution in [-0.4, -0.2) is 42.3 Å². The lowest BCUT2D eigenvalue weighted by Crippen LogP contribution is -2.45. The van der Waals surface area contributed by atoms with E-state index in [4.69, 9.17) is 11.6 Å². The van der Waals surface area contributed by atoms with Gasteiger partial charge in [-0.1, -0.05) is 37.6 Å². The zero-order valence-electron chi connectivity index (χ0n) is 13.1. The Kier molecular flexibility index (Phi) is 6.49. The van der Waals surface area contributed by atoms with Crippen LogP contribution in [0.3, 0.4) is 0 Å². The fourth-order valence-corrected chi connectivity index (χ4v) is 3.16. The smallest absolute Gasteiger partial charge is 0.0626 e. The number of hydrogen-bond acceptors (Lipinski definition) is 3. The molecule has 2 rings (SSSR count). The van der Waals surface area contributed by atoms with Crippen molar-refractivity contribution in [3.63, 3.8) is 0 Å². The molecule has 21 heavy (non-hydrogen) atoms. The molecular formula is C17H27ClN2O. The van der Waals surface area contributed by atoms with Crippen LogP contribution in [0.1, 0.15) is 38.3 Å². The van der Waals surface area contributed by atoms with Gasteiger partial charge >= 0.3 is 0 Å². The second-order valence-corrected chi connectivity index (χ2v) is 6.86. The minimum Gasteiger partial charge on any atom is -0.394 e. The van der Waals surface area contributed by atoms with Crippen molar-refractivity contribution in [2.75, 3.05) is 26.2 Å². The van der Waals surface area contributed by atoms with Gasteiger partial charge in [-0.15, -0.1) is 0 Å². The minimum atomic E-state index is 0.00363. The molecule has 0 aliphatic carbocycles. The van der Waals surface area contributed by atoms with Crippen LogP contribution in [-0.2, 0) is 0 Å². The van der Waals surface area contributed by atoms with Gasteiger partial charge in [0, 0.05) is 17.6 Å². The van der Waals surface area contributed by atoms with E-state index in [0.29, 0.717) is 6.04 Å². The van der Waals surface area contributed by atoms with Crippen LogP contribution in [0.4, 0.5) is 0 Å². The summed E-state index contributed by atoms with van der Waals surface area (Å²) in [5.41, 5.74) is 1.10. The quantitative estimate of drug-likeness (QED) is 0.847. The molecule has 1 fully saturated rings. The normalized spacial score (nSPS) is 19.1. The van der Waals surface area contributed by atoms with Crippen LogP contribution in [0.5, 0.6) is 0 Å². The summed E-state index contributed by atoms with van der Waals surface area (Å²) in [4.78, 5) is 2.54. The van der Waals surface area contributed by atoms with Gasteiger partial charge in [-0.3, -0.25) is 0 Å². The van der Waals surface area contributed by atoms with Crippen molar-refractivity contribution in [2.45, 2.75) is 38.8 Å². The Morgan fingerprint density at radius 1 is 1.24 bits per heavy atom. The Morgan fingerprint density at radius 2 is 1.86 bits per heavy atom. The molecule has 0 amide bonds. The van der Waals surface area contributed by atoms with Crippen molar-refractivity contribution in [2.24, 2.45) is 5.92 Å². The van der Waals surface area contributed by atoms with Crippen LogP contribution in [0.15, 0.2) is 24.3 Å². The first kappa shape index (κ1) is 16.8. The van der Waals surface area contributed by atoms with Gasteiger partial charge < -0.3 is 15.3 Å². The Bertz CT molecular complexity index is 413. The topological polar surface area (TPSA) is 35.5 Å². The molecule has 0 aromatic heterocycles. The van der Waals surface area contributed by atoms with Gasteiger partial charge in [0.05, 0.1) is 12.6 Å². The molecule has 1 saturated heterocycles. The van der Waals surface area contributed by atoms with E-state index in [-0.39, 0.29) is 12.6 Å². The lowest BCUT2D eigenvalue weighted by atomic mass is 10.0. The molecule has 1 heterocycles. The summed E-state index contributed by atoms with van der Waals surface area (Å²) in [6.07, 6.45) is 2.30. The van der Waals surface area contributed by atoms with Crippen molar-refractivity contribution in [1.29, 1.82) is 0 Å². The molecule has 0 saturated carbocycles. The number of likely N-dealkylation sites (tertiary alicyclic amines) is 1. The summed E-state index contributed by atoms with van der Waals surface area (Å²) >= 11 is 5.92. The van der Waals surface area contributed by atoms with Crippen molar-refractivity contribution >= 4 is 11.6 Å². The third kappa shape index (κ3) is 5.26. The number of benzene rings is 1. The first-order valence-electron chi connectivity index (χ1n) is 7.93. The molecule has 2 N–H and O–H groups in total. The third-order valence-corrected chi connectivity index (χ3v) is 4.35. The molecule has 0 spiro atoms. The van der Waals surface area contributed by atoms with Gasteiger partial charge in [-0.25, -0.2) is 0 Å². The largest absolute Gasteiger partial charge is 0.394 e. The number of halogens is 1. The van der Waals surface area contributed by atoms with Gasteiger partial charge in [0.1, 0.15) is 0 Å². The number of rotatable bonds is 6. The van der Waals surface area contributed by atoms with Crippen molar-refractivity contribution in [1.82, 2.24) is 10.2 Å². The zero-order valence-corrected chi connectivity index (χ0v) is 13.8. The van der Waals surface area contributed by atoms with Crippen molar-refractivity contribution < 1.29 is 5.11 Å².